The summed E-state index contributed by atoms with van der Waals surface area (Å²) < 4.78 is 0. The van der Waals surface area contributed by atoms with Crippen LogP contribution in [-0.4, -0.2) is 35.1 Å². The lowest BCUT2D eigenvalue weighted by molar-refractivity contribution is -0.144. The molecule has 6 nitrogen and oxygen atoms in total. The average Bonchev–Trinajstić information content (AvgIpc) is 2.38. The van der Waals surface area contributed by atoms with Gasteiger partial charge in [0.2, 0.25) is 0 Å². The number of aliphatic carboxylic acids is 1. The van der Waals surface area contributed by atoms with Gasteiger partial charge in [-0.25, -0.2) is 4.98 Å². The fraction of sp³-hybridized carbons (Fsp3) is 0.462. The van der Waals surface area contributed by atoms with E-state index in [1.807, 2.05) is 11.8 Å². The Morgan fingerprint density at radius 1 is 1.47 bits per heavy atom. The molecule has 2 heterocycles. The van der Waals surface area contributed by atoms with Gasteiger partial charge < -0.3 is 15.7 Å². The molecule has 0 saturated carbocycles. The highest BCUT2D eigenvalue weighted by Gasteiger charge is 2.31. The van der Waals surface area contributed by atoms with E-state index in [4.69, 9.17) is 10.8 Å². The fourth-order valence-corrected chi connectivity index (χ4v) is 2.46. The Kier molecular flexibility index (Phi) is 3.69. The van der Waals surface area contributed by atoms with Crippen molar-refractivity contribution < 1.29 is 14.7 Å². The Balaban J connectivity index is 2.14. The molecule has 1 saturated heterocycles. The number of nitrogens with zero attached hydrogens (tertiary/aromatic N) is 2. The molecule has 19 heavy (non-hydrogen) atoms. The summed E-state index contributed by atoms with van der Waals surface area (Å²) >= 11 is 0. The SMILES string of the molecule is CC1CN(c2cccc(C(N)=O)n2)CCC1C(=O)O. The van der Waals surface area contributed by atoms with Crippen LogP contribution in [0.5, 0.6) is 0 Å². The number of pyridine rings is 1. The molecule has 6 heteroatoms. The molecular formula is C13H17N3O3. The first-order valence-corrected chi connectivity index (χ1v) is 6.23. The smallest absolute Gasteiger partial charge is 0.306 e. The minimum absolute atomic E-state index is 0.0466. The summed E-state index contributed by atoms with van der Waals surface area (Å²) in [5.74, 6) is -0.894. The molecule has 1 aromatic heterocycles. The van der Waals surface area contributed by atoms with Crippen LogP contribution in [0.1, 0.15) is 23.8 Å². The second kappa shape index (κ2) is 5.26. The fourth-order valence-electron chi connectivity index (χ4n) is 2.46. The van der Waals surface area contributed by atoms with Gasteiger partial charge >= 0.3 is 5.97 Å². The summed E-state index contributed by atoms with van der Waals surface area (Å²) in [6, 6.07) is 5.11. The van der Waals surface area contributed by atoms with Gasteiger partial charge in [-0.1, -0.05) is 13.0 Å². The van der Waals surface area contributed by atoms with Crippen molar-refractivity contribution in [3.63, 3.8) is 0 Å². The number of carboxylic acid groups (broad SMARTS) is 1. The molecule has 1 aliphatic rings. The third kappa shape index (κ3) is 2.83. The number of carbonyl (C=O) groups is 2. The number of anilines is 1. The molecule has 102 valence electrons. The number of carboxylic acids is 1. The molecule has 0 spiro atoms. The van der Waals surface area contributed by atoms with E-state index in [2.05, 4.69) is 4.98 Å². The second-order valence-electron chi connectivity index (χ2n) is 4.90. The van der Waals surface area contributed by atoms with Gasteiger partial charge in [-0.05, 0) is 24.5 Å². The molecule has 2 atom stereocenters. The number of hydrogen-bond donors (Lipinski definition) is 2. The number of primary amides is 1. The first-order chi connectivity index (χ1) is 8.99. The quantitative estimate of drug-likeness (QED) is 0.838. The molecule has 0 radical (unpaired) electrons. The number of aromatic nitrogens is 1. The Morgan fingerprint density at radius 3 is 2.79 bits per heavy atom. The maximum Gasteiger partial charge on any atom is 0.306 e. The van der Waals surface area contributed by atoms with Crippen molar-refractivity contribution in [3.05, 3.63) is 23.9 Å². The third-order valence-electron chi connectivity index (χ3n) is 3.53. The Morgan fingerprint density at radius 2 is 2.21 bits per heavy atom. The van der Waals surface area contributed by atoms with Crippen molar-refractivity contribution in [1.29, 1.82) is 0 Å². The zero-order chi connectivity index (χ0) is 14.0. The molecular weight excluding hydrogens is 246 g/mol. The van der Waals surface area contributed by atoms with E-state index in [1.165, 1.54) is 0 Å². The van der Waals surface area contributed by atoms with E-state index in [-0.39, 0.29) is 17.5 Å². The third-order valence-corrected chi connectivity index (χ3v) is 3.53. The zero-order valence-electron chi connectivity index (χ0n) is 10.7. The molecule has 1 aromatic rings. The van der Waals surface area contributed by atoms with Gasteiger partial charge in [0.15, 0.2) is 0 Å². The monoisotopic (exact) mass is 263 g/mol. The molecule has 1 aliphatic heterocycles. The van der Waals surface area contributed by atoms with Crippen LogP contribution in [0.4, 0.5) is 5.82 Å². The first-order valence-electron chi connectivity index (χ1n) is 6.23. The van der Waals surface area contributed by atoms with Crippen LogP contribution >= 0.6 is 0 Å². The average molecular weight is 263 g/mol. The number of carbonyl (C=O) groups excluding carboxylic acids is 1. The lowest BCUT2D eigenvalue weighted by Crippen LogP contribution is -2.42. The molecule has 2 unspecified atom stereocenters. The van der Waals surface area contributed by atoms with Gasteiger partial charge in [0.05, 0.1) is 5.92 Å². The van der Waals surface area contributed by atoms with Crippen LogP contribution in [0.25, 0.3) is 0 Å². The van der Waals surface area contributed by atoms with E-state index in [0.717, 1.165) is 0 Å². The number of rotatable bonds is 3. The Hall–Kier alpha value is -2.11. The zero-order valence-corrected chi connectivity index (χ0v) is 10.7. The van der Waals surface area contributed by atoms with Crippen molar-refractivity contribution in [2.24, 2.45) is 17.6 Å². The van der Waals surface area contributed by atoms with Crippen LogP contribution in [0, 0.1) is 11.8 Å². The van der Waals surface area contributed by atoms with Crippen LogP contribution < -0.4 is 10.6 Å². The topological polar surface area (TPSA) is 96.5 Å². The summed E-state index contributed by atoms with van der Waals surface area (Å²) in [6.45, 7) is 3.16. The highest BCUT2D eigenvalue weighted by atomic mass is 16.4. The molecule has 0 aromatic carbocycles. The molecule has 1 fully saturated rings. The summed E-state index contributed by atoms with van der Waals surface area (Å²) in [4.78, 5) is 28.4. The maximum atomic E-state index is 11.1. The van der Waals surface area contributed by atoms with Crippen molar-refractivity contribution >= 4 is 17.7 Å². The highest BCUT2D eigenvalue weighted by Crippen LogP contribution is 2.26. The van der Waals surface area contributed by atoms with Gasteiger partial charge in [-0.2, -0.15) is 0 Å². The van der Waals surface area contributed by atoms with Crippen LogP contribution in [0.15, 0.2) is 18.2 Å². The first kappa shape index (κ1) is 13.3. The largest absolute Gasteiger partial charge is 0.481 e. The van der Waals surface area contributed by atoms with Crippen LogP contribution in [0.3, 0.4) is 0 Å². The lowest BCUT2D eigenvalue weighted by Gasteiger charge is -2.35. The van der Waals surface area contributed by atoms with E-state index in [9.17, 15) is 9.59 Å². The van der Waals surface area contributed by atoms with Crippen molar-refractivity contribution in [1.82, 2.24) is 4.98 Å². The van der Waals surface area contributed by atoms with E-state index >= 15 is 0 Å². The van der Waals surface area contributed by atoms with E-state index in [1.54, 1.807) is 18.2 Å². The molecule has 1 amide bonds. The van der Waals surface area contributed by atoms with E-state index < -0.39 is 11.9 Å². The van der Waals surface area contributed by atoms with Crippen LogP contribution in [0.2, 0.25) is 0 Å². The summed E-state index contributed by atoms with van der Waals surface area (Å²) in [5, 5.41) is 9.09. The number of nitrogens with two attached hydrogens (primary N) is 1. The van der Waals surface area contributed by atoms with Gasteiger partial charge in [0.1, 0.15) is 11.5 Å². The predicted molar refractivity (Wildman–Crippen MR) is 69.9 cm³/mol. The standard InChI is InChI=1S/C13H17N3O3/c1-8-7-16(6-5-9(8)13(18)19)11-4-2-3-10(15-11)12(14)17/h2-4,8-9H,5-7H2,1H3,(H2,14,17)(H,18,19). The summed E-state index contributed by atoms with van der Waals surface area (Å²) in [5.41, 5.74) is 5.43. The number of hydrogen-bond acceptors (Lipinski definition) is 4. The van der Waals surface area contributed by atoms with Crippen molar-refractivity contribution in [2.45, 2.75) is 13.3 Å². The summed E-state index contributed by atoms with van der Waals surface area (Å²) in [7, 11) is 0. The molecule has 2 rings (SSSR count). The number of amides is 1. The van der Waals surface area contributed by atoms with Crippen molar-refractivity contribution in [2.75, 3.05) is 18.0 Å². The maximum absolute atomic E-state index is 11.1. The Labute approximate surface area is 111 Å². The van der Waals surface area contributed by atoms with Gasteiger partial charge in [0, 0.05) is 13.1 Å². The van der Waals surface area contributed by atoms with Crippen molar-refractivity contribution in [3.8, 4) is 0 Å². The highest BCUT2D eigenvalue weighted by molar-refractivity contribution is 5.91. The van der Waals surface area contributed by atoms with Crippen LogP contribution in [-0.2, 0) is 4.79 Å². The molecule has 0 bridgehead atoms. The van der Waals surface area contributed by atoms with E-state index in [0.29, 0.717) is 25.3 Å². The second-order valence-corrected chi connectivity index (χ2v) is 4.90. The van der Waals surface area contributed by atoms with Gasteiger partial charge in [0.25, 0.3) is 5.91 Å². The number of piperidine rings is 1. The normalized spacial score (nSPS) is 23.1. The molecule has 3 N–H and O–H groups in total. The Bertz CT molecular complexity index is 504. The minimum Gasteiger partial charge on any atom is -0.481 e. The molecule has 0 aliphatic carbocycles. The lowest BCUT2D eigenvalue weighted by atomic mass is 9.87. The van der Waals surface area contributed by atoms with Gasteiger partial charge in [-0.3, -0.25) is 9.59 Å². The predicted octanol–water partition coefficient (Wildman–Crippen LogP) is 0.727. The van der Waals surface area contributed by atoms with Gasteiger partial charge in [-0.15, -0.1) is 0 Å². The minimum atomic E-state index is -0.744. The summed E-state index contributed by atoms with van der Waals surface area (Å²) in [6.07, 6.45) is 0.582.